The molecule has 0 unspecified atom stereocenters. The molecule has 0 aliphatic rings. The molecule has 4 heteroatoms. The van der Waals surface area contributed by atoms with Crippen molar-refractivity contribution in [2.75, 3.05) is 6.54 Å². The minimum Gasteiger partial charge on any atom is -0.425 e. The first-order valence-corrected chi connectivity index (χ1v) is 5.44. The topological polar surface area (TPSA) is 64.9 Å². The molecule has 0 aliphatic heterocycles. The second-order valence-electron chi connectivity index (χ2n) is 3.61. The minimum absolute atomic E-state index is 0.542. The van der Waals surface area contributed by atoms with Gasteiger partial charge >= 0.3 is 0 Å². The molecule has 2 aromatic rings. The van der Waals surface area contributed by atoms with Gasteiger partial charge in [0.05, 0.1) is 0 Å². The molecule has 0 amide bonds. The van der Waals surface area contributed by atoms with Crippen LogP contribution in [0.25, 0.3) is 0 Å². The Morgan fingerprint density at radius 2 is 1.62 bits per heavy atom. The standard InChI is InChI=1S/C12H15N3O/c13-9-8-12-15-14-11(16-12)7-6-10-4-2-1-3-5-10/h1-5H,6-9,13H2. The van der Waals surface area contributed by atoms with Gasteiger partial charge in [-0.25, -0.2) is 0 Å². The van der Waals surface area contributed by atoms with E-state index >= 15 is 0 Å². The second-order valence-corrected chi connectivity index (χ2v) is 3.61. The summed E-state index contributed by atoms with van der Waals surface area (Å²) in [5.41, 5.74) is 6.69. The molecule has 0 saturated heterocycles. The first kappa shape index (κ1) is 10.8. The maximum atomic E-state index is 5.44. The number of nitrogens with two attached hydrogens (primary N) is 1. The first-order valence-electron chi connectivity index (χ1n) is 5.44. The average molecular weight is 217 g/mol. The van der Waals surface area contributed by atoms with Crippen LogP contribution >= 0.6 is 0 Å². The van der Waals surface area contributed by atoms with Crippen molar-refractivity contribution in [3.8, 4) is 0 Å². The maximum Gasteiger partial charge on any atom is 0.217 e. The molecule has 16 heavy (non-hydrogen) atoms. The van der Waals surface area contributed by atoms with Gasteiger partial charge in [0, 0.05) is 19.4 Å². The highest BCUT2D eigenvalue weighted by Crippen LogP contribution is 2.06. The summed E-state index contributed by atoms with van der Waals surface area (Å²) in [6.07, 6.45) is 2.35. The Bertz CT molecular complexity index is 425. The molecular weight excluding hydrogens is 202 g/mol. The Hall–Kier alpha value is -1.68. The van der Waals surface area contributed by atoms with Gasteiger partial charge in [-0.1, -0.05) is 30.3 Å². The normalized spacial score (nSPS) is 10.6. The highest BCUT2D eigenvalue weighted by atomic mass is 16.4. The van der Waals surface area contributed by atoms with Crippen LogP contribution in [0.2, 0.25) is 0 Å². The lowest BCUT2D eigenvalue weighted by Gasteiger charge is -1.96. The van der Waals surface area contributed by atoms with Crippen molar-refractivity contribution in [2.45, 2.75) is 19.3 Å². The van der Waals surface area contributed by atoms with Crippen molar-refractivity contribution in [1.29, 1.82) is 0 Å². The van der Waals surface area contributed by atoms with Gasteiger partial charge in [0.2, 0.25) is 11.8 Å². The molecule has 0 bridgehead atoms. The number of hydrogen-bond donors (Lipinski definition) is 1. The maximum absolute atomic E-state index is 5.44. The Morgan fingerprint density at radius 1 is 0.938 bits per heavy atom. The van der Waals surface area contributed by atoms with Gasteiger partial charge in [-0.3, -0.25) is 0 Å². The molecule has 0 atom stereocenters. The Balaban J connectivity index is 1.89. The zero-order valence-corrected chi connectivity index (χ0v) is 9.10. The Morgan fingerprint density at radius 3 is 2.31 bits per heavy atom. The third-order valence-corrected chi connectivity index (χ3v) is 2.34. The number of hydrogen-bond acceptors (Lipinski definition) is 4. The third kappa shape index (κ3) is 2.90. The predicted molar refractivity (Wildman–Crippen MR) is 60.9 cm³/mol. The van der Waals surface area contributed by atoms with Crippen LogP contribution in [0.1, 0.15) is 17.3 Å². The quantitative estimate of drug-likeness (QED) is 0.821. The smallest absolute Gasteiger partial charge is 0.217 e. The molecule has 2 N–H and O–H groups in total. The van der Waals surface area contributed by atoms with E-state index in [1.165, 1.54) is 5.56 Å². The van der Waals surface area contributed by atoms with Gasteiger partial charge < -0.3 is 10.2 Å². The van der Waals surface area contributed by atoms with Gasteiger partial charge in [0.25, 0.3) is 0 Å². The molecule has 1 aromatic carbocycles. The van der Waals surface area contributed by atoms with E-state index in [0.29, 0.717) is 24.7 Å². The number of benzene rings is 1. The van der Waals surface area contributed by atoms with E-state index in [-0.39, 0.29) is 0 Å². The van der Waals surface area contributed by atoms with Crippen LogP contribution in [0.4, 0.5) is 0 Å². The van der Waals surface area contributed by atoms with Crippen molar-refractivity contribution in [3.05, 3.63) is 47.7 Å². The molecule has 84 valence electrons. The lowest BCUT2D eigenvalue weighted by molar-refractivity contribution is 0.450. The van der Waals surface area contributed by atoms with Gasteiger partial charge in [0.1, 0.15) is 0 Å². The summed E-state index contributed by atoms with van der Waals surface area (Å²) in [5, 5.41) is 7.90. The molecule has 0 spiro atoms. The monoisotopic (exact) mass is 217 g/mol. The predicted octanol–water partition coefficient (Wildman–Crippen LogP) is 1.36. The fourth-order valence-electron chi connectivity index (χ4n) is 1.51. The zero-order chi connectivity index (χ0) is 11.2. The summed E-state index contributed by atoms with van der Waals surface area (Å²) in [5.74, 6) is 1.32. The van der Waals surface area contributed by atoms with Crippen molar-refractivity contribution in [3.63, 3.8) is 0 Å². The van der Waals surface area contributed by atoms with E-state index in [4.69, 9.17) is 10.2 Å². The largest absolute Gasteiger partial charge is 0.425 e. The van der Waals surface area contributed by atoms with Crippen molar-refractivity contribution < 1.29 is 4.42 Å². The number of nitrogens with zero attached hydrogens (tertiary/aromatic N) is 2. The second kappa shape index (κ2) is 5.42. The van der Waals surface area contributed by atoms with Gasteiger partial charge in [-0.2, -0.15) is 0 Å². The highest BCUT2D eigenvalue weighted by molar-refractivity contribution is 5.15. The molecule has 0 radical (unpaired) electrons. The zero-order valence-electron chi connectivity index (χ0n) is 9.10. The molecule has 0 saturated carbocycles. The van der Waals surface area contributed by atoms with E-state index < -0.39 is 0 Å². The average Bonchev–Trinajstić information content (AvgIpc) is 2.76. The van der Waals surface area contributed by atoms with Gasteiger partial charge in [-0.15, -0.1) is 10.2 Å². The molecule has 1 aromatic heterocycles. The molecule has 2 rings (SSSR count). The van der Waals surface area contributed by atoms with Crippen LogP contribution in [-0.2, 0) is 19.3 Å². The molecular formula is C12H15N3O. The summed E-state index contributed by atoms with van der Waals surface area (Å²) in [6.45, 7) is 0.542. The molecule has 0 fully saturated rings. The summed E-state index contributed by atoms with van der Waals surface area (Å²) in [4.78, 5) is 0. The summed E-state index contributed by atoms with van der Waals surface area (Å²) in [7, 11) is 0. The summed E-state index contributed by atoms with van der Waals surface area (Å²) < 4.78 is 5.44. The number of aryl methyl sites for hydroxylation is 2. The van der Waals surface area contributed by atoms with Gasteiger partial charge in [0.15, 0.2) is 0 Å². The Labute approximate surface area is 94.5 Å². The van der Waals surface area contributed by atoms with Crippen LogP contribution in [0, 0.1) is 0 Å². The van der Waals surface area contributed by atoms with Crippen molar-refractivity contribution in [1.82, 2.24) is 10.2 Å². The minimum atomic E-state index is 0.542. The Kier molecular flexibility index (Phi) is 3.66. The number of aromatic nitrogens is 2. The van der Waals surface area contributed by atoms with Crippen molar-refractivity contribution >= 4 is 0 Å². The van der Waals surface area contributed by atoms with Crippen LogP contribution in [0.3, 0.4) is 0 Å². The summed E-state index contributed by atoms with van der Waals surface area (Å²) >= 11 is 0. The molecule has 4 nitrogen and oxygen atoms in total. The van der Waals surface area contributed by atoms with Crippen LogP contribution < -0.4 is 5.73 Å². The summed E-state index contributed by atoms with van der Waals surface area (Å²) in [6, 6.07) is 10.3. The van der Waals surface area contributed by atoms with Gasteiger partial charge in [-0.05, 0) is 12.0 Å². The van der Waals surface area contributed by atoms with Crippen molar-refractivity contribution in [2.24, 2.45) is 5.73 Å². The van der Waals surface area contributed by atoms with Crippen LogP contribution in [0.15, 0.2) is 34.7 Å². The molecule has 1 heterocycles. The lowest BCUT2D eigenvalue weighted by Crippen LogP contribution is -2.02. The van der Waals surface area contributed by atoms with E-state index in [2.05, 4.69) is 22.3 Å². The third-order valence-electron chi connectivity index (χ3n) is 2.34. The lowest BCUT2D eigenvalue weighted by atomic mass is 10.1. The van der Waals surface area contributed by atoms with E-state index in [1.54, 1.807) is 0 Å². The van der Waals surface area contributed by atoms with E-state index in [0.717, 1.165) is 12.8 Å². The number of rotatable bonds is 5. The first-order chi connectivity index (χ1) is 7.88. The SMILES string of the molecule is NCCc1nnc(CCc2ccccc2)o1. The molecule has 0 aliphatic carbocycles. The van der Waals surface area contributed by atoms with Crippen LogP contribution in [-0.4, -0.2) is 16.7 Å². The highest BCUT2D eigenvalue weighted by Gasteiger charge is 2.04. The van der Waals surface area contributed by atoms with Crippen LogP contribution in [0.5, 0.6) is 0 Å². The van der Waals surface area contributed by atoms with E-state index in [1.807, 2.05) is 18.2 Å². The fourth-order valence-corrected chi connectivity index (χ4v) is 1.51. The fraction of sp³-hybridized carbons (Fsp3) is 0.333. The van der Waals surface area contributed by atoms with E-state index in [9.17, 15) is 0 Å².